The lowest BCUT2D eigenvalue weighted by Gasteiger charge is -2.37. The number of nitrogens with one attached hydrogen (secondary N) is 2. The van der Waals surface area contributed by atoms with Crippen LogP contribution >= 0.6 is 0 Å². The fraction of sp³-hybridized carbons (Fsp3) is 1.00. The molecule has 0 aromatic carbocycles. The molecule has 3 nitrogen and oxygen atoms in total. The van der Waals surface area contributed by atoms with Crippen molar-refractivity contribution in [2.24, 2.45) is 5.92 Å². The Morgan fingerprint density at radius 1 is 0.947 bits per heavy atom. The summed E-state index contributed by atoms with van der Waals surface area (Å²) in [5.74, 6) is 0.903. The van der Waals surface area contributed by atoms with E-state index in [1.807, 2.05) is 0 Å². The van der Waals surface area contributed by atoms with Crippen LogP contribution < -0.4 is 10.6 Å². The summed E-state index contributed by atoms with van der Waals surface area (Å²) in [4.78, 5) is 2.47. The van der Waals surface area contributed by atoms with Crippen molar-refractivity contribution in [1.29, 1.82) is 0 Å². The molecule has 0 spiro atoms. The van der Waals surface area contributed by atoms with E-state index in [2.05, 4.69) is 22.6 Å². The SMILES string of the molecule is CN1CCC(NC2CCCC2C2CCCCN2)CC1. The van der Waals surface area contributed by atoms with Gasteiger partial charge in [-0.1, -0.05) is 12.8 Å². The van der Waals surface area contributed by atoms with Gasteiger partial charge in [-0.25, -0.2) is 0 Å². The van der Waals surface area contributed by atoms with Gasteiger partial charge in [0.1, 0.15) is 0 Å². The van der Waals surface area contributed by atoms with E-state index in [4.69, 9.17) is 0 Å². The Morgan fingerprint density at radius 2 is 1.79 bits per heavy atom. The molecule has 3 aliphatic rings. The van der Waals surface area contributed by atoms with Gasteiger partial charge in [-0.2, -0.15) is 0 Å². The van der Waals surface area contributed by atoms with Crippen molar-refractivity contribution in [3.8, 4) is 0 Å². The topological polar surface area (TPSA) is 27.3 Å². The molecule has 3 rings (SSSR count). The number of nitrogens with zero attached hydrogens (tertiary/aromatic N) is 1. The second-order valence-corrected chi connectivity index (χ2v) is 7.00. The number of hydrogen-bond acceptors (Lipinski definition) is 3. The van der Waals surface area contributed by atoms with Crippen molar-refractivity contribution in [1.82, 2.24) is 15.5 Å². The van der Waals surface area contributed by atoms with Gasteiger partial charge in [0.2, 0.25) is 0 Å². The molecular weight excluding hydrogens is 234 g/mol. The first kappa shape index (κ1) is 13.8. The zero-order valence-corrected chi connectivity index (χ0v) is 12.5. The van der Waals surface area contributed by atoms with Crippen molar-refractivity contribution in [3.05, 3.63) is 0 Å². The standard InChI is InChI=1S/C16H31N3/c1-19-11-8-13(9-12-19)18-16-7-4-5-14(16)15-6-2-3-10-17-15/h13-18H,2-12H2,1H3. The molecule has 110 valence electrons. The molecule has 2 aliphatic heterocycles. The first-order valence-corrected chi connectivity index (χ1v) is 8.51. The maximum atomic E-state index is 4.02. The summed E-state index contributed by atoms with van der Waals surface area (Å²) in [5.41, 5.74) is 0. The van der Waals surface area contributed by atoms with Gasteiger partial charge in [0, 0.05) is 18.1 Å². The van der Waals surface area contributed by atoms with E-state index in [0.29, 0.717) is 0 Å². The summed E-state index contributed by atoms with van der Waals surface area (Å²) >= 11 is 0. The third-order valence-electron chi connectivity index (χ3n) is 5.60. The quantitative estimate of drug-likeness (QED) is 0.817. The molecule has 1 saturated carbocycles. The summed E-state index contributed by atoms with van der Waals surface area (Å²) in [7, 11) is 2.25. The smallest absolute Gasteiger partial charge is 0.0113 e. The van der Waals surface area contributed by atoms with Gasteiger partial charge in [0.15, 0.2) is 0 Å². The van der Waals surface area contributed by atoms with Gasteiger partial charge in [-0.3, -0.25) is 0 Å². The lowest BCUT2D eigenvalue weighted by molar-refractivity contribution is 0.196. The van der Waals surface area contributed by atoms with Crippen LogP contribution in [0.25, 0.3) is 0 Å². The Balaban J connectivity index is 1.51. The average molecular weight is 265 g/mol. The molecule has 0 amide bonds. The van der Waals surface area contributed by atoms with Gasteiger partial charge in [0.05, 0.1) is 0 Å². The van der Waals surface area contributed by atoms with Gasteiger partial charge >= 0.3 is 0 Å². The minimum Gasteiger partial charge on any atom is -0.314 e. The molecule has 3 heteroatoms. The lowest BCUT2D eigenvalue weighted by Crippen LogP contribution is -2.51. The first-order chi connectivity index (χ1) is 9.33. The number of rotatable bonds is 3. The molecular formula is C16H31N3. The van der Waals surface area contributed by atoms with Crippen molar-refractivity contribution >= 4 is 0 Å². The predicted molar refractivity (Wildman–Crippen MR) is 80.4 cm³/mol. The van der Waals surface area contributed by atoms with Crippen LogP contribution in [-0.4, -0.2) is 49.7 Å². The van der Waals surface area contributed by atoms with Gasteiger partial charge in [-0.15, -0.1) is 0 Å². The highest BCUT2D eigenvalue weighted by Gasteiger charge is 2.35. The first-order valence-electron chi connectivity index (χ1n) is 8.51. The lowest BCUT2D eigenvalue weighted by atomic mass is 9.87. The normalized spacial score (nSPS) is 38.7. The molecule has 3 atom stereocenters. The summed E-state index contributed by atoms with van der Waals surface area (Å²) < 4.78 is 0. The highest BCUT2D eigenvalue weighted by molar-refractivity contribution is 4.94. The van der Waals surface area contributed by atoms with Crippen LogP contribution in [0.15, 0.2) is 0 Å². The van der Waals surface area contributed by atoms with E-state index in [9.17, 15) is 0 Å². The van der Waals surface area contributed by atoms with Gasteiger partial charge < -0.3 is 15.5 Å². The molecule has 19 heavy (non-hydrogen) atoms. The van der Waals surface area contributed by atoms with Gasteiger partial charge in [-0.05, 0) is 71.1 Å². The van der Waals surface area contributed by atoms with Crippen LogP contribution in [0.5, 0.6) is 0 Å². The van der Waals surface area contributed by atoms with Gasteiger partial charge in [0.25, 0.3) is 0 Å². The van der Waals surface area contributed by atoms with Crippen molar-refractivity contribution in [2.75, 3.05) is 26.7 Å². The maximum absolute atomic E-state index is 4.02. The molecule has 2 N–H and O–H groups in total. The molecule has 2 saturated heterocycles. The summed E-state index contributed by atoms with van der Waals surface area (Å²) in [5, 5.41) is 7.81. The van der Waals surface area contributed by atoms with Crippen LogP contribution in [0.2, 0.25) is 0 Å². The zero-order valence-electron chi connectivity index (χ0n) is 12.5. The molecule has 2 heterocycles. The highest BCUT2D eigenvalue weighted by atomic mass is 15.1. The van der Waals surface area contributed by atoms with Crippen LogP contribution in [-0.2, 0) is 0 Å². The second kappa shape index (κ2) is 6.55. The van der Waals surface area contributed by atoms with E-state index >= 15 is 0 Å². The summed E-state index contributed by atoms with van der Waals surface area (Å²) in [6, 6.07) is 2.38. The Bertz CT molecular complexity index is 267. The summed E-state index contributed by atoms with van der Waals surface area (Å²) in [6.45, 7) is 3.80. The van der Waals surface area contributed by atoms with E-state index < -0.39 is 0 Å². The van der Waals surface area contributed by atoms with E-state index in [1.165, 1.54) is 71.0 Å². The maximum Gasteiger partial charge on any atom is 0.0113 e. The third-order valence-corrected chi connectivity index (χ3v) is 5.60. The third kappa shape index (κ3) is 3.50. The van der Waals surface area contributed by atoms with Crippen LogP contribution in [0, 0.1) is 5.92 Å². The highest BCUT2D eigenvalue weighted by Crippen LogP contribution is 2.32. The largest absolute Gasteiger partial charge is 0.314 e. The number of hydrogen-bond donors (Lipinski definition) is 2. The van der Waals surface area contributed by atoms with Crippen LogP contribution in [0.3, 0.4) is 0 Å². The monoisotopic (exact) mass is 265 g/mol. The number of piperidine rings is 2. The van der Waals surface area contributed by atoms with E-state index in [0.717, 1.165) is 24.0 Å². The molecule has 1 aliphatic carbocycles. The fourth-order valence-electron chi connectivity index (χ4n) is 4.40. The molecule has 3 unspecified atom stereocenters. The zero-order chi connectivity index (χ0) is 13.1. The fourth-order valence-corrected chi connectivity index (χ4v) is 4.40. The molecule has 0 radical (unpaired) electrons. The minimum absolute atomic E-state index is 0.783. The predicted octanol–water partition coefficient (Wildman–Crippen LogP) is 1.98. The van der Waals surface area contributed by atoms with E-state index in [1.54, 1.807) is 0 Å². The van der Waals surface area contributed by atoms with Crippen molar-refractivity contribution in [3.63, 3.8) is 0 Å². The minimum atomic E-state index is 0.783. The Hall–Kier alpha value is -0.120. The summed E-state index contributed by atoms with van der Waals surface area (Å²) in [6.07, 6.45) is 11.2. The molecule has 0 bridgehead atoms. The Kier molecular flexibility index (Phi) is 4.78. The van der Waals surface area contributed by atoms with E-state index in [-0.39, 0.29) is 0 Å². The van der Waals surface area contributed by atoms with Crippen LogP contribution in [0.1, 0.15) is 51.4 Å². The molecule has 3 fully saturated rings. The second-order valence-electron chi connectivity index (χ2n) is 7.00. The molecule has 0 aromatic heterocycles. The Labute approximate surface area is 118 Å². The number of likely N-dealkylation sites (tertiary alicyclic amines) is 1. The average Bonchev–Trinajstić information content (AvgIpc) is 2.90. The van der Waals surface area contributed by atoms with Crippen LogP contribution in [0.4, 0.5) is 0 Å². The Morgan fingerprint density at radius 3 is 2.53 bits per heavy atom. The van der Waals surface area contributed by atoms with Crippen molar-refractivity contribution in [2.45, 2.75) is 69.5 Å². The molecule has 0 aromatic rings. The van der Waals surface area contributed by atoms with Crippen molar-refractivity contribution < 1.29 is 0 Å².